The van der Waals surface area contributed by atoms with Crippen molar-refractivity contribution in [2.75, 3.05) is 0 Å². The smallest absolute Gasteiger partial charge is 0.389 e. The van der Waals surface area contributed by atoms with Crippen LogP contribution in [0.15, 0.2) is 42.7 Å². The predicted octanol–water partition coefficient (Wildman–Crippen LogP) is 3.22. The lowest BCUT2D eigenvalue weighted by atomic mass is 10.2. The number of halogens is 5. The second kappa shape index (κ2) is 10.2. The van der Waals surface area contributed by atoms with Gasteiger partial charge in [-0.3, -0.25) is 9.59 Å². The number of carbonyl (C=O) groups excluding carboxylic acids is 2. The lowest BCUT2D eigenvalue weighted by Gasteiger charge is -2.07. The van der Waals surface area contributed by atoms with Gasteiger partial charge in [0.2, 0.25) is 5.91 Å². The van der Waals surface area contributed by atoms with E-state index in [-0.39, 0.29) is 24.4 Å². The molecule has 0 aliphatic rings. The number of nitrogens with zero attached hydrogens (tertiary/aromatic N) is 3. The van der Waals surface area contributed by atoms with Gasteiger partial charge in [-0.05, 0) is 29.8 Å². The standard InChI is InChI=1S/C20H18F5N5O3/c21-19(22)33-15-3-1-2-13(7-15)18(32)27-10-14-11-30-16(29-14)6-12(9-28-30)8-26-17(31)4-5-20(23,24)25/h1-3,6-7,9,11,19H,4-5,8,10H2,(H,26,31)(H,27,32). The number of imidazole rings is 1. The summed E-state index contributed by atoms with van der Waals surface area (Å²) in [6.07, 6.45) is -3.28. The highest BCUT2D eigenvalue weighted by molar-refractivity contribution is 5.94. The molecule has 0 saturated heterocycles. The third-order valence-electron chi connectivity index (χ3n) is 4.30. The van der Waals surface area contributed by atoms with E-state index in [0.29, 0.717) is 16.9 Å². The quantitative estimate of drug-likeness (QED) is 0.467. The molecule has 2 amide bonds. The third kappa shape index (κ3) is 7.40. The number of benzene rings is 1. The molecule has 33 heavy (non-hydrogen) atoms. The van der Waals surface area contributed by atoms with E-state index in [9.17, 15) is 31.5 Å². The molecule has 8 nitrogen and oxygen atoms in total. The summed E-state index contributed by atoms with van der Waals surface area (Å²) in [6.45, 7) is -3.01. The van der Waals surface area contributed by atoms with Gasteiger partial charge in [-0.15, -0.1) is 0 Å². The highest BCUT2D eigenvalue weighted by atomic mass is 19.4. The van der Waals surface area contributed by atoms with Gasteiger partial charge in [0, 0.05) is 18.5 Å². The maximum Gasteiger partial charge on any atom is 0.389 e. The summed E-state index contributed by atoms with van der Waals surface area (Å²) in [6, 6.07) is 6.92. The van der Waals surface area contributed by atoms with Gasteiger partial charge in [-0.1, -0.05) is 6.07 Å². The van der Waals surface area contributed by atoms with E-state index < -0.39 is 37.4 Å². The molecule has 3 aromatic rings. The van der Waals surface area contributed by atoms with Crippen molar-refractivity contribution < 1.29 is 36.3 Å². The maximum atomic E-state index is 12.3. The van der Waals surface area contributed by atoms with Crippen molar-refractivity contribution in [1.82, 2.24) is 25.2 Å². The molecule has 2 heterocycles. The minimum atomic E-state index is -4.40. The molecule has 0 radical (unpaired) electrons. The van der Waals surface area contributed by atoms with Crippen LogP contribution in [0.1, 0.15) is 34.5 Å². The number of carbonyl (C=O) groups is 2. The van der Waals surface area contributed by atoms with Crippen molar-refractivity contribution in [3.05, 3.63) is 59.5 Å². The largest absolute Gasteiger partial charge is 0.435 e. The molecule has 0 fully saturated rings. The second-order valence-electron chi connectivity index (χ2n) is 6.88. The Hall–Kier alpha value is -3.77. The van der Waals surface area contributed by atoms with Crippen LogP contribution < -0.4 is 15.4 Å². The van der Waals surface area contributed by atoms with E-state index >= 15 is 0 Å². The summed E-state index contributed by atoms with van der Waals surface area (Å²) in [5, 5.41) is 9.10. The molecule has 1 aromatic carbocycles. The number of fused-ring (bicyclic) bond motifs is 1. The van der Waals surface area contributed by atoms with Crippen molar-refractivity contribution in [2.45, 2.75) is 38.7 Å². The van der Waals surface area contributed by atoms with E-state index in [1.54, 1.807) is 12.3 Å². The number of ether oxygens (including phenoxy) is 1. The second-order valence-corrected chi connectivity index (χ2v) is 6.88. The van der Waals surface area contributed by atoms with Gasteiger partial charge >= 0.3 is 12.8 Å². The first-order chi connectivity index (χ1) is 15.6. The molecule has 0 bridgehead atoms. The fourth-order valence-electron chi connectivity index (χ4n) is 2.78. The highest BCUT2D eigenvalue weighted by Crippen LogP contribution is 2.21. The van der Waals surface area contributed by atoms with E-state index in [1.165, 1.54) is 35.0 Å². The average molecular weight is 471 g/mol. The van der Waals surface area contributed by atoms with Crippen LogP contribution in [0.25, 0.3) is 5.65 Å². The van der Waals surface area contributed by atoms with E-state index in [4.69, 9.17) is 0 Å². The van der Waals surface area contributed by atoms with Crippen molar-refractivity contribution in [3.8, 4) is 5.75 Å². The van der Waals surface area contributed by atoms with Gasteiger partial charge in [0.1, 0.15) is 5.75 Å². The summed E-state index contributed by atoms with van der Waals surface area (Å²) < 4.78 is 66.8. The van der Waals surface area contributed by atoms with Gasteiger partial charge in [-0.25, -0.2) is 9.50 Å². The molecule has 0 aliphatic carbocycles. The Balaban J connectivity index is 1.56. The maximum absolute atomic E-state index is 12.3. The number of rotatable bonds is 9. The van der Waals surface area contributed by atoms with Crippen molar-refractivity contribution in [1.29, 1.82) is 0 Å². The number of nitrogens with one attached hydrogen (secondary N) is 2. The molecule has 0 saturated carbocycles. The summed E-state index contributed by atoms with van der Waals surface area (Å²) >= 11 is 0. The van der Waals surface area contributed by atoms with Crippen molar-refractivity contribution in [3.63, 3.8) is 0 Å². The van der Waals surface area contributed by atoms with E-state index in [1.807, 2.05) is 0 Å². The summed E-state index contributed by atoms with van der Waals surface area (Å²) in [4.78, 5) is 28.1. The number of aromatic nitrogens is 3. The molecule has 176 valence electrons. The van der Waals surface area contributed by atoms with Gasteiger partial charge in [0.05, 0.1) is 31.1 Å². The molecule has 0 unspecified atom stereocenters. The number of amides is 2. The van der Waals surface area contributed by atoms with Crippen LogP contribution in [0.2, 0.25) is 0 Å². The van der Waals surface area contributed by atoms with E-state index in [0.717, 1.165) is 0 Å². The molecule has 2 aromatic heterocycles. The fraction of sp³-hybridized carbons (Fsp3) is 0.300. The van der Waals surface area contributed by atoms with Crippen molar-refractivity contribution in [2.24, 2.45) is 0 Å². The number of hydrogen-bond acceptors (Lipinski definition) is 5. The molecule has 3 rings (SSSR count). The molecule has 0 spiro atoms. The lowest BCUT2D eigenvalue weighted by Crippen LogP contribution is -2.24. The Morgan fingerprint density at radius 3 is 2.64 bits per heavy atom. The lowest BCUT2D eigenvalue weighted by molar-refractivity contribution is -0.144. The third-order valence-corrected chi connectivity index (χ3v) is 4.30. The van der Waals surface area contributed by atoms with Crippen LogP contribution in [0, 0.1) is 0 Å². The Bertz CT molecular complexity index is 1130. The minimum absolute atomic E-state index is 0.0177. The SMILES string of the molecule is O=C(CCC(F)(F)F)NCc1cnn2cc(CNC(=O)c3cccc(OC(F)F)c3)nc2c1. The fourth-order valence-corrected chi connectivity index (χ4v) is 2.78. The minimum Gasteiger partial charge on any atom is -0.435 e. The predicted molar refractivity (Wildman–Crippen MR) is 104 cm³/mol. The van der Waals surface area contributed by atoms with Gasteiger partial charge in [-0.2, -0.15) is 27.1 Å². The molecular formula is C20H18F5N5O3. The normalized spacial score (nSPS) is 11.6. The summed E-state index contributed by atoms with van der Waals surface area (Å²) in [7, 11) is 0. The van der Waals surface area contributed by atoms with Gasteiger partial charge in [0.25, 0.3) is 5.91 Å². The molecular weight excluding hydrogens is 453 g/mol. The summed E-state index contributed by atoms with van der Waals surface area (Å²) in [5.74, 6) is -1.41. The molecule has 13 heteroatoms. The molecule has 0 aliphatic heterocycles. The highest BCUT2D eigenvalue weighted by Gasteiger charge is 2.27. The van der Waals surface area contributed by atoms with Gasteiger partial charge < -0.3 is 15.4 Å². The van der Waals surface area contributed by atoms with Gasteiger partial charge in [0.15, 0.2) is 5.65 Å². The number of alkyl halides is 5. The summed E-state index contributed by atoms with van der Waals surface area (Å²) in [5.41, 5.74) is 1.49. The zero-order valence-corrected chi connectivity index (χ0v) is 16.9. The molecule has 2 N–H and O–H groups in total. The van der Waals surface area contributed by atoms with Crippen molar-refractivity contribution >= 4 is 17.5 Å². The Morgan fingerprint density at radius 2 is 1.91 bits per heavy atom. The first-order valence-electron chi connectivity index (χ1n) is 9.59. The first kappa shape index (κ1) is 23.9. The van der Waals surface area contributed by atoms with Crippen LogP contribution in [-0.2, 0) is 17.9 Å². The Kier molecular flexibility index (Phi) is 7.41. The van der Waals surface area contributed by atoms with Crippen LogP contribution >= 0.6 is 0 Å². The number of hydrogen-bond donors (Lipinski definition) is 2. The Morgan fingerprint density at radius 1 is 1.12 bits per heavy atom. The van der Waals surface area contributed by atoms with Crippen LogP contribution in [0.4, 0.5) is 22.0 Å². The average Bonchev–Trinajstić information content (AvgIpc) is 3.16. The zero-order valence-electron chi connectivity index (χ0n) is 16.9. The van der Waals surface area contributed by atoms with Crippen LogP contribution in [-0.4, -0.2) is 39.2 Å². The monoisotopic (exact) mass is 471 g/mol. The molecule has 0 atom stereocenters. The Labute approximate surface area is 183 Å². The van der Waals surface area contributed by atoms with E-state index in [2.05, 4.69) is 25.5 Å². The van der Waals surface area contributed by atoms with Crippen LogP contribution in [0.3, 0.4) is 0 Å². The van der Waals surface area contributed by atoms with Crippen LogP contribution in [0.5, 0.6) is 5.75 Å². The zero-order chi connectivity index (χ0) is 24.0. The first-order valence-corrected chi connectivity index (χ1v) is 9.59. The topological polar surface area (TPSA) is 97.6 Å².